The minimum Gasteiger partial charge on any atom is -0.493 e. The van der Waals surface area contributed by atoms with Crippen LogP contribution < -0.4 is 15.8 Å². The number of aryl methyl sites for hydroxylation is 1. The van der Waals surface area contributed by atoms with E-state index in [4.69, 9.17) is 10.5 Å². The van der Waals surface area contributed by atoms with Gasteiger partial charge in [-0.25, -0.2) is 0 Å². The molecule has 1 aromatic carbocycles. The van der Waals surface area contributed by atoms with Gasteiger partial charge < -0.3 is 15.8 Å². The zero-order valence-corrected chi connectivity index (χ0v) is 14.0. The molecule has 1 aromatic rings. The molecule has 1 saturated carbocycles. The first-order chi connectivity index (χ1) is 10.1. The van der Waals surface area contributed by atoms with E-state index >= 15 is 0 Å². The standard InChI is InChI=1S/C17H26N2O2.ClH/c1-13-4-2-7-16(10-13)21-9-8-17(20)19-12-14-5-3-6-15(18)11-14;/h2,4,7,10,14-15H,3,5-6,8-9,11-12,18H2,1H3,(H,19,20);1H. The third-order valence-electron chi connectivity index (χ3n) is 4.00. The summed E-state index contributed by atoms with van der Waals surface area (Å²) in [5.41, 5.74) is 7.11. The van der Waals surface area contributed by atoms with Crippen molar-refractivity contribution in [3.63, 3.8) is 0 Å². The van der Waals surface area contributed by atoms with Crippen LogP contribution in [0.5, 0.6) is 5.75 Å². The second-order valence-electron chi connectivity index (χ2n) is 6.01. The fourth-order valence-corrected chi connectivity index (χ4v) is 2.83. The largest absolute Gasteiger partial charge is 0.493 e. The Kier molecular flexibility index (Phi) is 8.28. The van der Waals surface area contributed by atoms with Crippen molar-refractivity contribution < 1.29 is 9.53 Å². The molecule has 0 radical (unpaired) electrons. The van der Waals surface area contributed by atoms with Crippen LogP contribution in [0.15, 0.2) is 24.3 Å². The molecular formula is C17H27ClN2O2. The monoisotopic (exact) mass is 326 g/mol. The van der Waals surface area contributed by atoms with Gasteiger partial charge in [0.1, 0.15) is 5.75 Å². The maximum absolute atomic E-state index is 11.8. The second-order valence-corrected chi connectivity index (χ2v) is 6.01. The number of carbonyl (C=O) groups is 1. The van der Waals surface area contributed by atoms with Gasteiger partial charge in [-0.05, 0) is 49.8 Å². The lowest BCUT2D eigenvalue weighted by molar-refractivity contribution is -0.121. The summed E-state index contributed by atoms with van der Waals surface area (Å²) in [4.78, 5) is 11.8. The Labute approximate surface area is 139 Å². The van der Waals surface area contributed by atoms with Crippen LogP contribution in [0.2, 0.25) is 0 Å². The normalized spacial score (nSPS) is 20.8. The number of halogens is 1. The number of hydrogen-bond donors (Lipinski definition) is 2. The van der Waals surface area contributed by atoms with E-state index in [1.165, 1.54) is 12.8 Å². The zero-order valence-electron chi connectivity index (χ0n) is 13.2. The van der Waals surface area contributed by atoms with Gasteiger partial charge in [0, 0.05) is 12.6 Å². The summed E-state index contributed by atoms with van der Waals surface area (Å²) in [6.07, 6.45) is 4.90. The molecule has 0 aliphatic heterocycles. The molecule has 1 fully saturated rings. The molecule has 1 aliphatic rings. The number of ether oxygens (including phenoxy) is 1. The van der Waals surface area contributed by atoms with Crippen molar-refractivity contribution in [1.82, 2.24) is 5.32 Å². The van der Waals surface area contributed by atoms with E-state index in [1.807, 2.05) is 31.2 Å². The van der Waals surface area contributed by atoms with Gasteiger partial charge in [-0.1, -0.05) is 18.6 Å². The number of hydrogen-bond acceptors (Lipinski definition) is 3. The quantitative estimate of drug-likeness (QED) is 0.845. The van der Waals surface area contributed by atoms with E-state index in [-0.39, 0.29) is 18.3 Å². The van der Waals surface area contributed by atoms with Crippen LogP contribution in [0.4, 0.5) is 0 Å². The summed E-state index contributed by atoms with van der Waals surface area (Å²) in [6.45, 7) is 3.19. The maximum atomic E-state index is 11.8. The van der Waals surface area contributed by atoms with Crippen LogP contribution in [0.25, 0.3) is 0 Å². The van der Waals surface area contributed by atoms with Crippen molar-refractivity contribution in [2.45, 2.75) is 45.1 Å². The van der Waals surface area contributed by atoms with Crippen molar-refractivity contribution in [2.24, 2.45) is 11.7 Å². The Morgan fingerprint density at radius 2 is 2.23 bits per heavy atom. The molecule has 2 atom stereocenters. The lowest BCUT2D eigenvalue weighted by Gasteiger charge is -2.26. The predicted molar refractivity (Wildman–Crippen MR) is 91.5 cm³/mol. The van der Waals surface area contributed by atoms with Gasteiger partial charge in [0.25, 0.3) is 0 Å². The lowest BCUT2D eigenvalue weighted by Crippen LogP contribution is -2.36. The first-order valence-corrected chi connectivity index (χ1v) is 7.85. The SMILES string of the molecule is Cc1cccc(OCCC(=O)NCC2CCCC(N)C2)c1.Cl. The van der Waals surface area contributed by atoms with Crippen LogP contribution in [-0.2, 0) is 4.79 Å². The third-order valence-corrected chi connectivity index (χ3v) is 4.00. The van der Waals surface area contributed by atoms with Crippen molar-refractivity contribution in [3.05, 3.63) is 29.8 Å². The Morgan fingerprint density at radius 1 is 1.41 bits per heavy atom. The first kappa shape index (κ1) is 18.8. The number of nitrogens with one attached hydrogen (secondary N) is 1. The highest BCUT2D eigenvalue weighted by Gasteiger charge is 2.19. The Balaban J connectivity index is 0.00000242. The molecule has 2 rings (SSSR count). The van der Waals surface area contributed by atoms with Gasteiger partial charge in [-0.15, -0.1) is 12.4 Å². The summed E-state index contributed by atoms with van der Waals surface area (Å²) in [7, 11) is 0. The van der Waals surface area contributed by atoms with Gasteiger partial charge in [0.2, 0.25) is 5.91 Å². The average Bonchev–Trinajstić information content (AvgIpc) is 2.45. The highest BCUT2D eigenvalue weighted by atomic mass is 35.5. The minimum atomic E-state index is 0. The first-order valence-electron chi connectivity index (χ1n) is 7.85. The molecule has 22 heavy (non-hydrogen) atoms. The van der Waals surface area contributed by atoms with E-state index in [9.17, 15) is 4.79 Å². The summed E-state index contributed by atoms with van der Waals surface area (Å²) < 4.78 is 5.59. The molecule has 5 heteroatoms. The molecule has 0 bridgehead atoms. The smallest absolute Gasteiger partial charge is 0.223 e. The van der Waals surface area contributed by atoms with E-state index in [0.29, 0.717) is 25.0 Å². The summed E-state index contributed by atoms with van der Waals surface area (Å²) >= 11 is 0. The number of rotatable bonds is 6. The van der Waals surface area contributed by atoms with Gasteiger partial charge in [0.15, 0.2) is 0 Å². The van der Waals surface area contributed by atoms with Crippen molar-refractivity contribution in [3.8, 4) is 5.75 Å². The van der Waals surface area contributed by atoms with Crippen molar-refractivity contribution in [2.75, 3.05) is 13.2 Å². The van der Waals surface area contributed by atoms with Crippen LogP contribution in [0.3, 0.4) is 0 Å². The molecule has 124 valence electrons. The molecule has 4 nitrogen and oxygen atoms in total. The zero-order chi connectivity index (χ0) is 15.1. The highest BCUT2D eigenvalue weighted by molar-refractivity contribution is 5.85. The van der Waals surface area contributed by atoms with E-state index < -0.39 is 0 Å². The molecule has 0 aromatic heterocycles. The van der Waals surface area contributed by atoms with Crippen LogP contribution in [0.1, 0.15) is 37.7 Å². The minimum absolute atomic E-state index is 0. The molecule has 1 amide bonds. The Hall–Kier alpha value is -1.26. The number of amides is 1. The maximum Gasteiger partial charge on any atom is 0.223 e. The molecule has 1 aliphatic carbocycles. The molecule has 0 spiro atoms. The van der Waals surface area contributed by atoms with Crippen molar-refractivity contribution >= 4 is 18.3 Å². The Morgan fingerprint density at radius 3 is 2.95 bits per heavy atom. The molecule has 2 unspecified atom stereocenters. The van der Waals surface area contributed by atoms with Crippen LogP contribution >= 0.6 is 12.4 Å². The van der Waals surface area contributed by atoms with Gasteiger partial charge in [-0.3, -0.25) is 4.79 Å². The molecular weight excluding hydrogens is 300 g/mol. The van der Waals surface area contributed by atoms with E-state index in [1.54, 1.807) is 0 Å². The highest BCUT2D eigenvalue weighted by Crippen LogP contribution is 2.22. The summed E-state index contributed by atoms with van der Waals surface area (Å²) in [5, 5.41) is 3.00. The fourth-order valence-electron chi connectivity index (χ4n) is 2.83. The number of benzene rings is 1. The second kappa shape index (κ2) is 9.70. The van der Waals surface area contributed by atoms with E-state index in [2.05, 4.69) is 5.32 Å². The predicted octanol–water partition coefficient (Wildman–Crippen LogP) is 2.82. The molecule has 0 heterocycles. The van der Waals surface area contributed by atoms with Crippen LogP contribution in [0, 0.1) is 12.8 Å². The Bertz CT molecular complexity index is 468. The third kappa shape index (κ3) is 6.67. The number of carbonyl (C=O) groups excluding carboxylic acids is 1. The van der Waals surface area contributed by atoms with Gasteiger partial charge >= 0.3 is 0 Å². The average molecular weight is 327 g/mol. The van der Waals surface area contributed by atoms with Gasteiger partial charge in [0.05, 0.1) is 13.0 Å². The summed E-state index contributed by atoms with van der Waals surface area (Å²) in [6, 6.07) is 8.17. The van der Waals surface area contributed by atoms with Crippen LogP contribution in [-0.4, -0.2) is 25.1 Å². The van der Waals surface area contributed by atoms with Crippen molar-refractivity contribution in [1.29, 1.82) is 0 Å². The topological polar surface area (TPSA) is 64.3 Å². The van der Waals surface area contributed by atoms with E-state index in [0.717, 1.165) is 30.7 Å². The molecule has 3 N–H and O–H groups in total. The molecule has 0 saturated heterocycles. The number of nitrogens with two attached hydrogens (primary N) is 1. The summed E-state index contributed by atoms with van der Waals surface area (Å²) in [5.74, 6) is 1.42. The van der Waals surface area contributed by atoms with Gasteiger partial charge in [-0.2, -0.15) is 0 Å². The lowest BCUT2D eigenvalue weighted by atomic mass is 9.86. The fraction of sp³-hybridized carbons (Fsp3) is 0.588.